The van der Waals surface area contributed by atoms with E-state index in [1.54, 1.807) is 25.1 Å². The van der Waals surface area contributed by atoms with Gasteiger partial charge in [-0.25, -0.2) is 13.1 Å². The molecule has 1 heterocycles. The van der Waals surface area contributed by atoms with E-state index < -0.39 is 10.0 Å². The van der Waals surface area contributed by atoms with Crippen LogP contribution in [0.5, 0.6) is 0 Å². The van der Waals surface area contributed by atoms with Crippen LogP contribution >= 0.6 is 38.9 Å². The molecule has 3 N–H and O–H groups in total. The fraction of sp³-hybridized carbons (Fsp3) is 0.167. The Kier molecular flexibility index (Phi) is 4.76. The van der Waals surface area contributed by atoms with Gasteiger partial charge in [-0.2, -0.15) is 0 Å². The number of hydrogen-bond donors (Lipinski definition) is 2. The van der Waals surface area contributed by atoms with Gasteiger partial charge in [0.05, 0.1) is 8.81 Å². The van der Waals surface area contributed by atoms with E-state index in [0.717, 1.165) is 16.9 Å². The largest absolute Gasteiger partial charge is 0.399 e. The van der Waals surface area contributed by atoms with Crippen LogP contribution in [0.15, 0.2) is 38.3 Å². The van der Waals surface area contributed by atoms with E-state index in [1.807, 2.05) is 6.07 Å². The van der Waals surface area contributed by atoms with Crippen molar-refractivity contribution in [1.82, 2.24) is 4.72 Å². The van der Waals surface area contributed by atoms with Crippen molar-refractivity contribution in [3.8, 4) is 0 Å². The van der Waals surface area contributed by atoms with E-state index in [1.165, 1.54) is 6.07 Å². The lowest BCUT2D eigenvalue weighted by molar-refractivity contribution is 0.569. The van der Waals surface area contributed by atoms with Crippen molar-refractivity contribution < 1.29 is 8.42 Å². The summed E-state index contributed by atoms with van der Waals surface area (Å²) in [6.07, 6.45) is 0. The number of sulfonamides is 1. The summed E-state index contributed by atoms with van der Waals surface area (Å²) in [6.45, 7) is 1.76. The number of halogens is 2. The number of nitrogens with one attached hydrogen (secondary N) is 1. The number of rotatable bonds is 4. The standard InChI is InChI=1S/C12H12BrClN2O2S2/c1-7(8-3-2-4-9(15)5-8)16-20(17,18)11-6-10(14)12(13)19-11/h2-7,16H,15H2,1H3. The monoisotopic (exact) mass is 394 g/mol. The average Bonchev–Trinajstić information content (AvgIpc) is 2.70. The van der Waals surface area contributed by atoms with Crippen LogP contribution in [-0.2, 0) is 10.0 Å². The fourth-order valence-electron chi connectivity index (χ4n) is 1.65. The van der Waals surface area contributed by atoms with Crippen molar-refractivity contribution in [2.24, 2.45) is 0 Å². The molecule has 1 aromatic carbocycles. The second-order valence-electron chi connectivity index (χ2n) is 4.20. The molecule has 0 radical (unpaired) electrons. The van der Waals surface area contributed by atoms with Crippen LogP contribution in [0.2, 0.25) is 5.02 Å². The van der Waals surface area contributed by atoms with E-state index in [4.69, 9.17) is 17.3 Å². The highest BCUT2D eigenvalue weighted by atomic mass is 79.9. The van der Waals surface area contributed by atoms with Crippen molar-refractivity contribution in [3.05, 3.63) is 44.7 Å². The molecule has 20 heavy (non-hydrogen) atoms. The second kappa shape index (κ2) is 6.03. The molecule has 0 saturated carbocycles. The highest BCUT2D eigenvalue weighted by Crippen LogP contribution is 2.35. The van der Waals surface area contributed by atoms with Gasteiger partial charge in [0.15, 0.2) is 0 Å². The Balaban J connectivity index is 2.24. The number of thiophene rings is 1. The van der Waals surface area contributed by atoms with Crippen LogP contribution in [0, 0.1) is 0 Å². The van der Waals surface area contributed by atoms with E-state index in [-0.39, 0.29) is 10.3 Å². The van der Waals surface area contributed by atoms with Gasteiger partial charge < -0.3 is 5.73 Å². The maximum absolute atomic E-state index is 12.3. The van der Waals surface area contributed by atoms with Crippen LogP contribution in [0.4, 0.5) is 5.69 Å². The van der Waals surface area contributed by atoms with Gasteiger partial charge >= 0.3 is 0 Å². The Labute approximate surface area is 135 Å². The third-order valence-electron chi connectivity index (χ3n) is 2.63. The molecule has 1 aromatic heterocycles. The van der Waals surface area contributed by atoms with Gasteiger partial charge in [-0.3, -0.25) is 0 Å². The highest BCUT2D eigenvalue weighted by molar-refractivity contribution is 9.11. The summed E-state index contributed by atoms with van der Waals surface area (Å²) >= 11 is 10.1. The molecule has 108 valence electrons. The zero-order valence-electron chi connectivity index (χ0n) is 10.4. The predicted octanol–water partition coefficient (Wildman–Crippen LogP) is 3.79. The quantitative estimate of drug-likeness (QED) is 0.774. The van der Waals surface area contributed by atoms with Crippen molar-refractivity contribution in [3.63, 3.8) is 0 Å². The highest BCUT2D eigenvalue weighted by Gasteiger charge is 2.22. The number of benzene rings is 1. The van der Waals surface area contributed by atoms with E-state index in [2.05, 4.69) is 20.7 Å². The van der Waals surface area contributed by atoms with Crippen molar-refractivity contribution in [2.75, 3.05) is 5.73 Å². The van der Waals surface area contributed by atoms with Crippen LogP contribution < -0.4 is 10.5 Å². The molecule has 0 bridgehead atoms. The predicted molar refractivity (Wildman–Crippen MR) is 86.6 cm³/mol. The Bertz CT molecular complexity index is 711. The van der Waals surface area contributed by atoms with Crippen molar-refractivity contribution >= 4 is 54.6 Å². The number of anilines is 1. The van der Waals surface area contributed by atoms with Gasteiger partial charge in [0.1, 0.15) is 4.21 Å². The fourth-order valence-corrected chi connectivity index (χ4v) is 5.29. The molecule has 1 atom stereocenters. The maximum atomic E-state index is 12.3. The molecule has 1 unspecified atom stereocenters. The van der Waals surface area contributed by atoms with Gasteiger partial charge in [0, 0.05) is 11.7 Å². The minimum Gasteiger partial charge on any atom is -0.399 e. The van der Waals surface area contributed by atoms with E-state index in [9.17, 15) is 8.42 Å². The van der Waals surface area contributed by atoms with Crippen LogP contribution in [0.1, 0.15) is 18.5 Å². The summed E-state index contributed by atoms with van der Waals surface area (Å²) in [5.74, 6) is 0. The summed E-state index contributed by atoms with van der Waals surface area (Å²) in [7, 11) is -3.61. The molecule has 8 heteroatoms. The lowest BCUT2D eigenvalue weighted by atomic mass is 10.1. The molecular weight excluding hydrogens is 384 g/mol. The Morgan fingerprint density at radius 2 is 2.10 bits per heavy atom. The Morgan fingerprint density at radius 3 is 2.65 bits per heavy atom. The Morgan fingerprint density at radius 1 is 1.40 bits per heavy atom. The summed E-state index contributed by atoms with van der Waals surface area (Å²) in [5, 5.41) is 0.381. The SMILES string of the molecule is CC(NS(=O)(=O)c1cc(Cl)c(Br)s1)c1cccc(N)c1. The molecule has 0 fully saturated rings. The van der Waals surface area contributed by atoms with Crippen LogP contribution in [0.3, 0.4) is 0 Å². The number of nitrogens with two attached hydrogens (primary N) is 1. The molecule has 0 aliphatic carbocycles. The molecule has 4 nitrogen and oxygen atoms in total. The Hall–Kier alpha value is -0.600. The van der Waals surface area contributed by atoms with Crippen LogP contribution in [0.25, 0.3) is 0 Å². The number of nitrogen functional groups attached to an aromatic ring is 1. The van der Waals surface area contributed by atoms with Gasteiger partial charge in [-0.15, -0.1) is 11.3 Å². The molecular formula is C12H12BrClN2O2S2. The first kappa shape index (κ1) is 15.8. The van der Waals surface area contributed by atoms with E-state index in [0.29, 0.717) is 14.5 Å². The zero-order chi connectivity index (χ0) is 14.9. The summed E-state index contributed by atoms with van der Waals surface area (Å²) in [5.41, 5.74) is 7.09. The summed E-state index contributed by atoms with van der Waals surface area (Å²) in [4.78, 5) is 0. The summed E-state index contributed by atoms with van der Waals surface area (Å²) in [6, 6.07) is 8.13. The first-order valence-corrected chi connectivity index (χ1v) is 9.09. The zero-order valence-corrected chi connectivity index (χ0v) is 14.4. The molecule has 0 spiro atoms. The van der Waals surface area contributed by atoms with Gasteiger partial charge in [0.25, 0.3) is 10.0 Å². The van der Waals surface area contributed by atoms with Crippen molar-refractivity contribution in [2.45, 2.75) is 17.2 Å². The van der Waals surface area contributed by atoms with E-state index >= 15 is 0 Å². The molecule has 0 aliphatic heterocycles. The molecule has 2 aromatic rings. The third-order valence-corrected chi connectivity index (χ3v) is 7.12. The molecule has 2 rings (SSSR count). The third kappa shape index (κ3) is 3.53. The first-order valence-electron chi connectivity index (χ1n) is 5.62. The maximum Gasteiger partial charge on any atom is 0.250 e. The molecule has 0 aliphatic rings. The summed E-state index contributed by atoms with van der Waals surface area (Å²) < 4.78 is 27.9. The normalized spacial score (nSPS) is 13.3. The van der Waals surface area contributed by atoms with Gasteiger partial charge in [0.2, 0.25) is 0 Å². The lowest BCUT2D eigenvalue weighted by Crippen LogP contribution is -2.26. The van der Waals surface area contributed by atoms with Crippen molar-refractivity contribution in [1.29, 1.82) is 0 Å². The smallest absolute Gasteiger partial charge is 0.250 e. The number of hydrogen-bond acceptors (Lipinski definition) is 4. The first-order chi connectivity index (χ1) is 9.29. The lowest BCUT2D eigenvalue weighted by Gasteiger charge is -2.14. The molecule has 0 amide bonds. The van der Waals surface area contributed by atoms with Crippen LogP contribution in [-0.4, -0.2) is 8.42 Å². The second-order valence-corrected chi connectivity index (χ2v) is 8.92. The molecule has 0 saturated heterocycles. The minimum atomic E-state index is -3.61. The van der Waals surface area contributed by atoms with Gasteiger partial charge in [-0.05, 0) is 46.6 Å². The average molecular weight is 396 g/mol. The topological polar surface area (TPSA) is 72.2 Å². The minimum absolute atomic E-state index is 0.171. The van der Waals surface area contributed by atoms with Gasteiger partial charge in [-0.1, -0.05) is 23.7 Å².